The summed E-state index contributed by atoms with van der Waals surface area (Å²) in [6.45, 7) is 2.02. The van der Waals surface area contributed by atoms with Crippen molar-refractivity contribution in [3.8, 4) is 17.1 Å². The summed E-state index contributed by atoms with van der Waals surface area (Å²) in [5.41, 5.74) is 3.48. The second-order valence-electron chi connectivity index (χ2n) is 6.80. The largest absolute Gasteiger partial charge is 0.325 e. The van der Waals surface area contributed by atoms with Crippen LogP contribution in [0.1, 0.15) is 5.56 Å². The van der Waals surface area contributed by atoms with Crippen LogP contribution in [-0.4, -0.2) is 26.4 Å². The van der Waals surface area contributed by atoms with E-state index in [9.17, 15) is 4.79 Å². The molecule has 1 heterocycles. The number of anilines is 1. The molecule has 0 aliphatic carbocycles. The summed E-state index contributed by atoms with van der Waals surface area (Å²) in [5, 5.41) is 13.2. The van der Waals surface area contributed by atoms with Gasteiger partial charge in [0.05, 0.1) is 10.8 Å². The summed E-state index contributed by atoms with van der Waals surface area (Å²) in [6.07, 6.45) is 0. The number of carbonyl (C=O) groups is 1. The lowest BCUT2D eigenvalue weighted by Crippen LogP contribution is -2.14. The molecule has 1 N–H and O–H groups in total. The Kier molecular flexibility index (Phi) is 6.61. The number of nitrogens with one attached hydrogen (secondary N) is 1. The molecule has 1 amide bonds. The van der Waals surface area contributed by atoms with E-state index in [1.807, 2.05) is 72.2 Å². The van der Waals surface area contributed by atoms with E-state index in [2.05, 4.69) is 15.5 Å². The topological polar surface area (TPSA) is 59.8 Å². The predicted molar refractivity (Wildman–Crippen MR) is 127 cm³/mol. The minimum absolute atomic E-state index is 0.124. The molecule has 8 heteroatoms. The number of halogens is 2. The maximum absolute atomic E-state index is 12.4. The summed E-state index contributed by atoms with van der Waals surface area (Å²) in [7, 11) is 0. The van der Waals surface area contributed by atoms with Gasteiger partial charge in [0.2, 0.25) is 5.91 Å². The number of aromatic nitrogens is 3. The van der Waals surface area contributed by atoms with Gasteiger partial charge in [0.15, 0.2) is 11.0 Å². The van der Waals surface area contributed by atoms with Gasteiger partial charge < -0.3 is 5.32 Å². The van der Waals surface area contributed by atoms with Crippen molar-refractivity contribution >= 4 is 46.6 Å². The monoisotopic (exact) mass is 468 g/mol. The molecule has 0 bridgehead atoms. The maximum Gasteiger partial charge on any atom is 0.234 e. The van der Waals surface area contributed by atoms with Gasteiger partial charge in [0.1, 0.15) is 0 Å². The zero-order chi connectivity index (χ0) is 21.8. The molecule has 0 unspecified atom stereocenters. The van der Waals surface area contributed by atoms with Crippen molar-refractivity contribution in [3.05, 3.63) is 88.4 Å². The van der Waals surface area contributed by atoms with E-state index >= 15 is 0 Å². The zero-order valence-corrected chi connectivity index (χ0v) is 18.9. The molecular weight excluding hydrogens is 451 g/mol. The van der Waals surface area contributed by atoms with E-state index < -0.39 is 0 Å². The van der Waals surface area contributed by atoms with E-state index in [0.29, 0.717) is 26.6 Å². The van der Waals surface area contributed by atoms with Crippen LogP contribution in [0.5, 0.6) is 0 Å². The van der Waals surface area contributed by atoms with Crippen LogP contribution in [0.2, 0.25) is 10.0 Å². The average Bonchev–Trinajstić information content (AvgIpc) is 3.17. The van der Waals surface area contributed by atoms with Crippen molar-refractivity contribution in [2.75, 3.05) is 11.1 Å². The highest BCUT2D eigenvalue weighted by Crippen LogP contribution is 2.33. The Morgan fingerprint density at radius 3 is 2.45 bits per heavy atom. The van der Waals surface area contributed by atoms with Crippen LogP contribution in [0.25, 0.3) is 17.1 Å². The van der Waals surface area contributed by atoms with E-state index in [-0.39, 0.29) is 11.7 Å². The SMILES string of the molecule is Cc1ccc(-n2c(SCC(=O)Nc3ccccc3)nnc2-c2ccc(Cl)cc2Cl)cc1. The van der Waals surface area contributed by atoms with Gasteiger partial charge in [-0.25, -0.2) is 0 Å². The summed E-state index contributed by atoms with van der Waals surface area (Å²) in [5.74, 6) is 0.643. The molecule has 5 nitrogen and oxygen atoms in total. The highest BCUT2D eigenvalue weighted by atomic mass is 35.5. The Labute approximate surface area is 194 Å². The quantitative estimate of drug-likeness (QED) is 0.338. The molecule has 0 atom stereocenters. The van der Waals surface area contributed by atoms with Crippen LogP contribution in [-0.2, 0) is 4.79 Å². The number of nitrogens with zero attached hydrogens (tertiary/aromatic N) is 3. The van der Waals surface area contributed by atoms with Crippen molar-refractivity contribution in [1.82, 2.24) is 14.8 Å². The summed E-state index contributed by atoms with van der Waals surface area (Å²) < 4.78 is 1.90. The Hall–Kier alpha value is -2.80. The fourth-order valence-corrected chi connectivity index (χ4v) is 4.23. The molecule has 156 valence electrons. The molecule has 1 aromatic heterocycles. The van der Waals surface area contributed by atoms with Crippen molar-refractivity contribution < 1.29 is 4.79 Å². The molecule has 0 saturated heterocycles. The van der Waals surface area contributed by atoms with Crippen LogP contribution in [0.3, 0.4) is 0 Å². The normalized spacial score (nSPS) is 10.8. The summed E-state index contributed by atoms with van der Waals surface area (Å²) >= 11 is 13.8. The van der Waals surface area contributed by atoms with Crippen molar-refractivity contribution in [2.24, 2.45) is 0 Å². The molecule has 31 heavy (non-hydrogen) atoms. The van der Waals surface area contributed by atoms with Gasteiger partial charge in [-0.2, -0.15) is 0 Å². The van der Waals surface area contributed by atoms with Crippen LogP contribution in [0, 0.1) is 6.92 Å². The Balaban J connectivity index is 1.65. The Bertz CT molecular complexity index is 1210. The standard InChI is InChI=1S/C23H18Cl2N4OS/c1-15-7-10-18(11-8-15)29-22(19-12-9-16(24)13-20(19)25)27-28-23(29)31-14-21(30)26-17-5-3-2-4-6-17/h2-13H,14H2,1H3,(H,26,30). The number of hydrogen-bond donors (Lipinski definition) is 1. The number of thioether (sulfide) groups is 1. The van der Waals surface area contributed by atoms with Gasteiger partial charge >= 0.3 is 0 Å². The second-order valence-corrected chi connectivity index (χ2v) is 8.59. The fourth-order valence-electron chi connectivity index (χ4n) is 2.98. The van der Waals surface area contributed by atoms with E-state index in [1.165, 1.54) is 11.8 Å². The average molecular weight is 469 g/mol. The minimum Gasteiger partial charge on any atom is -0.325 e. The van der Waals surface area contributed by atoms with Gasteiger partial charge in [0.25, 0.3) is 0 Å². The first-order chi connectivity index (χ1) is 15.0. The number of hydrogen-bond acceptors (Lipinski definition) is 4. The van der Waals surface area contributed by atoms with E-state index in [1.54, 1.807) is 12.1 Å². The third kappa shape index (κ3) is 5.10. The van der Waals surface area contributed by atoms with E-state index in [0.717, 1.165) is 16.9 Å². The number of para-hydroxylation sites is 1. The number of rotatable bonds is 6. The number of amides is 1. The van der Waals surface area contributed by atoms with E-state index in [4.69, 9.17) is 23.2 Å². The van der Waals surface area contributed by atoms with Crippen molar-refractivity contribution in [3.63, 3.8) is 0 Å². The number of carbonyl (C=O) groups excluding carboxylic acids is 1. The van der Waals surface area contributed by atoms with Crippen LogP contribution >= 0.6 is 35.0 Å². The molecule has 0 spiro atoms. The summed E-state index contributed by atoms with van der Waals surface area (Å²) in [6, 6.07) is 22.6. The number of aryl methyl sites for hydroxylation is 1. The smallest absolute Gasteiger partial charge is 0.234 e. The molecule has 0 radical (unpaired) electrons. The molecule has 3 aromatic carbocycles. The van der Waals surface area contributed by atoms with Gasteiger partial charge in [-0.15, -0.1) is 10.2 Å². The third-order valence-corrected chi connectivity index (χ3v) is 5.96. The lowest BCUT2D eigenvalue weighted by Gasteiger charge is -2.12. The first-order valence-corrected chi connectivity index (χ1v) is 11.2. The molecule has 4 rings (SSSR count). The first-order valence-electron chi connectivity index (χ1n) is 9.47. The lowest BCUT2D eigenvalue weighted by atomic mass is 10.2. The van der Waals surface area contributed by atoms with Crippen LogP contribution in [0.15, 0.2) is 78.0 Å². The minimum atomic E-state index is -0.124. The van der Waals surface area contributed by atoms with Crippen LogP contribution in [0.4, 0.5) is 5.69 Å². The van der Waals surface area contributed by atoms with Crippen molar-refractivity contribution in [1.29, 1.82) is 0 Å². The van der Waals surface area contributed by atoms with Crippen molar-refractivity contribution in [2.45, 2.75) is 12.1 Å². The molecule has 0 aliphatic heterocycles. The maximum atomic E-state index is 12.4. The molecule has 0 fully saturated rings. The summed E-state index contributed by atoms with van der Waals surface area (Å²) in [4.78, 5) is 12.4. The van der Waals surface area contributed by atoms with Gasteiger partial charge in [-0.1, -0.05) is 70.9 Å². The Morgan fingerprint density at radius 1 is 1.00 bits per heavy atom. The first kappa shape index (κ1) is 21.4. The molecular formula is C23H18Cl2N4OS. The molecule has 0 saturated carbocycles. The van der Waals surface area contributed by atoms with Gasteiger partial charge in [-0.3, -0.25) is 9.36 Å². The van der Waals surface area contributed by atoms with Crippen LogP contribution < -0.4 is 5.32 Å². The third-order valence-electron chi connectivity index (χ3n) is 4.49. The second kappa shape index (κ2) is 9.56. The lowest BCUT2D eigenvalue weighted by molar-refractivity contribution is -0.113. The highest BCUT2D eigenvalue weighted by molar-refractivity contribution is 7.99. The predicted octanol–water partition coefficient (Wildman–Crippen LogP) is 6.28. The Morgan fingerprint density at radius 2 is 1.74 bits per heavy atom. The molecule has 0 aliphatic rings. The van der Waals surface area contributed by atoms with Gasteiger partial charge in [-0.05, 0) is 49.4 Å². The zero-order valence-electron chi connectivity index (χ0n) is 16.5. The number of benzene rings is 3. The highest BCUT2D eigenvalue weighted by Gasteiger charge is 2.19. The molecule has 4 aromatic rings. The fraction of sp³-hybridized carbons (Fsp3) is 0.0870. The van der Waals surface area contributed by atoms with Gasteiger partial charge in [0, 0.05) is 22.0 Å².